The zero-order valence-electron chi connectivity index (χ0n) is 12.9. The maximum Gasteiger partial charge on any atom is 0.490 e. The molecule has 1 saturated carbocycles. The first-order valence-corrected chi connectivity index (χ1v) is 6.78. The predicted octanol–water partition coefficient (Wildman–Crippen LogP) is 0.874. The lowest BCUT2D eigenvalue weighted by Gasteiger charge is -2.41. The van der Waals surface area contributed by atoms with Gasteiger partial charge in [-0.15, -0.1) is 0 Å². The number of alkyl halides is 3. The minimum Gasteiger partial charge on any atom is -0.481 e. The molecule has 2 rings (SSSR count). The van der Waals surface area contributed by atoms with Gasteiger partial charge in [-0.3, -0.25) is 9.59 Å². The molecule has 25 heavy (non-hydrogen) atoms. The van der Waals surface area contributed by atoms with E-state index in [1.165, 1.54) is 12.3 Å². The van der Waals surface area contributed by atoms with E-state index in [-0.39, 0.29) is 11.7 Å². The zero-order chi connectivity index (χ0) is 19.4. The third-order valence-corrected chi connectivity index (χ3v) is 3.39. The molecule has 5 N–H and O–H groups in total. The fourth-order valence-corrected chi connectivity index (χ4v) is 2.05. The number of aliphatic carboxylic acids is 2. The summed E-state index contributed by atoms with van der Waals surface area (Å²) in [7, 11) is 0. The number of hydrogen-bond acceptors (Lipinski definition) is 6. The van der Waals surface area contributed by atoms with Crippen LogP contribution in [0.1, 0.15) is 30.3 Å². The minimum atomic E-state index is -5.08. The summed E-state index contributed by atoms with van der Waals surface area (Å²) in [6, 6.07) is 1.43. The van der Waals surface area contributed by atoms with Crippen LogP contribution in [0.4, 0.5) is 19.1 Å². The molecule has 1 heterocycles. The second-order valence-corrected chi connectivity index (χ2v) is 5.55. The Kier molecular flexibility index (Phi) is 5.89. The van der Waals surface area contributed by atoms with Crippen LogP contribution in [-0.4, -0.2) is 50.2 Å². The Morgan fingerprint density at radius 2 is 1.84 bits per heavy atom. The summed E-state index contributed by atoms with van der Waals surface area (Å²) in [6.45, 7) is 1.70. The number of rotatable bonds is 4. The Bertz CT molecular complexity index is 674. The van der Waals surface area contributed by atoms with Gasteiger partial charge in [0, 0.05) is 12.2 Å². The van der Waals surface area contributed by atoms with Gasteiger partial charge in [0.15, 0.2) is 0 Å². The second-order valence-electron chi connectivity index (χ2n) is 5.55. The molecular weight excluding hydrogens is 349 g/mol. The van der Waals surface area contributed by atoms with E-state index < -0.39 is 29.4 Å². The topological polar surface area (TPSA) is 156 Å². The van der Waals surface area contributed by atoms with Crippen molar-refractivity contribution in [1.29, 1.82) is 0 Å². The molecular formula is C13H15F3N4O5. The lowest BCUT2D eigenvalue weighted by molar-refractivity contribution is -0.192. The number of anilines is 1. The van der Waals surface area contributed by atoms with Crippen LogP contribution in [0.3, 0.4) is 0 Å². The molecule has 0 atom stereocenters. The molecule has 0 radical (unpaired) electrons. The molecule has 9 nitrogen and oxygen atoms in total. The fourth-order valence-electron chi connectivity index (χ4n) is 2.05. The minimum absolute atomic E-state index is 0.00854. The maximum absolute atomic E-state index is 10.9. The zero-order valence-corrected chi connectivity index (χ0v) is 12.9. The number of amides is 1. The van der Waals surface area contributed by atoms with Crippen molar-refractivity contribution >= 4 is 23.8 Å². The number of carboxylic acid groups (broad SMARTS) is 2. The van der Waals surface area contributed by atoms with E-state index >= 15 is 0 Å². The quantitative estimate of drug-likeness (QED) is 0.613. The SMILES string of the molecule is CC1(C(=O)O)CC(Nc2nccc(C(N)=O)n2)C1.O=C(O)C(F)(F)F. The normalized spacial score (nSPS) is 22.0. The van der Waals surface area contributed by atoms with Gasteiger partial charge in [0.2, 0.25) is 5.95 Å². The molecule has 0 aromatic carbocycles. The Balaban J connectivity index is 0.000000381. The van der Waals surface area contributed by atoms with Crippen molar-refractivity contribution in [1.82, 2.24) is 9.97 Å². The van der Waals surface area contributed by atoms with Gasteiger partial charge in [0.25, 0.3) is 5.91 Å². The first-order valence-electron chi connectivity index (χ1n) is 6.78. The van der Waals surface area contributed by atoms with E-state index in [1.807, 2.05) is 0 Å². The summed E-state index contributed by atoms with van der Waals surface area (Å²) < 4.78 is 31.7. The largest absolute Gasteiger partial charge is 0.490 e. The van der Waals surface area contributed by atoms with Gasteiger partial charge < -0.3 is 21.3 Å². The smallest absolute Gasteiger partial charge is 0.481 e. The number of halogens is 3. The summed E-state index contributed by atoms with van der Waals surface area (Å²) in [5, 5.41) is 19.1. The molecule has 1 amide bonds. The van der Waals surface area contributed by atoms with Crippen LogP contribution < -0.4 is 11.1 Å². The van der Waals surface area contributed by atoms with Crippen molar-refractivity contribution in [3.05, 3.63) is 18.0 Å². The summed E-state index contributed by atoms with van der Waals surface area (Å²) >= 11 is 0. The van der Waals surface area contributed by atoms with Crippen molar-refractivity contribution in [3.63, 3.8) is 0 Å². The summed E-state index contributed by atoms with van der Waals surface area (Å²) in [5.41, 5.74) is 4.56. The number of carboxylic acids is 2. The predicted molar refractivity (Wildman–Crippen MR) is 76.6 cm³/mol. The molecule has 0 aliphatic heterocycles. The van der Waals surface area contributed by atoms with Crippen LogP contribution in [0.2, 0.25) is 0 Å². The van der Waals surface area contributed by atoms with Crippen LogP contribution in [0.15, 0.2) is 12.3 Å². The highest BCUT2D eigenvalue weighted by molar-refractivity contribution is 5.90. The van der Waals surface area contributed by atoms with Gasteiger partial charge in [0.05, 0.1) is 5.41 Å². The number of nitrogens with zero attached hydrogens (tertiary/aromatic N) is 2. The third-order valence-electron chi connectivity index (χ3n) is 3.39. The second kappa shape index (κ2) is 7.32. The Labute approximate surface area is 139 Å². The number of aromatic nitrogens is 2. The summed E-state index contributed by atoms with van der Waals surface area (Å²) in [5.74, 6) is -3.88. The van der Waals surface area contributed by atoms with Crippen LogP contribution in [-0.2, 0) is 9.59 Å². The maximum atomic E-state index is 10.9. The van der Waals surface area contributed by atoms with Crippen molar-refractivity contribution in [2.24, 2.45) is 11.1 Å². The first-order chi connectivity index (χ1) is 11.3. The molecule has 0 saturated heterocycles. The molecule has 0 unspecified atom stereocenters. The number of carbonyl (C=O) groups is 3. The van der Waals surface area contributed by atoms with Gasteiger partial charge in [-0.25, -0.2) is 14.8 Å². The highest BCUT2D eigenvalue weighted by atomic mass is 19.4. The van der Waals surface area contributed by atoms with Gasteiger partial charge in [-0.2, -0.15) is 13.2 Å². The van der Waals surface area contributed by atoms with Gasteiger partial charge in [-0.05, 0) is 25.8 Å². The van der Waals surface area contributed by atoms with E-state index in [0.29, 0.717) is 18.8 Å². The number of nitrogens with one attached hydrogen (secondary N) is 1. The Hall–Kier alpha value is -2.92. The molecule has 1 aromatic heterocycles. The average Bonchev–Trinajstić information content (AvgIpc) is 2.45. The van der Waals surface area contributed by atoms with E-state index in [2.05, 4.69) is 15.3 Å². The number of nitrogens with two attached hydrogens (primary N) is 1. The molecule has 0 spiro atoms. The van der Waals surface area contributed by atoms with E-state index in [4.69, 9.17) is 20.7 Å². The standard InChI is InChI=1S/C11H14N4O3.C2HF3O2/c1-11(9(17)18)4-6(5-11)14-10-13-3-2-7(15-10)8(12)16;3-2(4,5)1(6)7/h2-3,6H,4-5H2,1H3,(H2,12,16)(H,17,18)(H,13,14,15);(H,6,7). The molecule has 1 aromatic rings. The Morgan fingerprint density at radius 3 is 2.24 bits per heavy atom. The Morgan fingerprint density at radius 1 is 1.32 bits per heavy atom. The van der Waals surface area contributed by atoms with Crippen molar-refractivity contribution in [2.75, 3.05) is 5.32 Å². The molecule has 1 aliphatic carbocycles. The highest BCUT2D eigenvalue weighted by Gasteiger charge is 2.46. The lowest BCUT2D eigenvalue weighted by Crippen LogP contribution is -2.48. The average molecular weight is 364 g/mol. The molecule has 1 fully saturated rings. The van der Waals surface area contributed by atoms with Gasteiger partial charge in [0.1, 0.15) is 5.69 Å². The fraction of sp³-hybridized carbons (Fsp3) is 0.462. The number of hydrogen-bond donors (Lipinski definition) is 4. The summed E-state index contributed by atoms with van der Waals surface area (Å²) in [4.78, 5) is 38.7. The van der Waals surface area contributed by atoms with Crippen LogP contribution in [0.25, 0.3) is 0 Å². The summed E-state index contributed by atoms with van der Waals surface area (Å²) in [6.07, 6.45) is -2.64. The number of primary amides is 1. The van der Waals surface area contributed by atoms with Crippen LogP contribution in [0, 0.1) is 5.41 Å². The third kappa shape index (κ3) is 5.58. The van der Waals surface area contributed by atoms with Crippen LogP contribution >= 0.6 is 0 Å². The monoisotopic (exact) mass is 364 g/mol. The highest BCUT2D eigenvalue weighted by Crippen LogP contribution is 2.41. The van der Waals surface area contributed by atoms with Crippen LogP contribution in [0.5, 0.6) is 0 Å². The van der Waals surface area contributed by atoms with Crippen molar-refractivity contribution < 1.29 is 37.8 Å². The van der Waals surface area contributed by atoms with Crippen molar-refractivity contribution in [2.45, 2.75) is 32.0 Å². The van der Waals surface area contributed by atoms with E-state index in [1.54, 1.807) is 6.92 Å². The lowest BCUT2D eigenvalue weighted by atomic mass is 9.67. The molecule has 1 aliphatic rings. The first kappa shape index (κ1) is 20.1. The van der Waals surface area contributed by atoms with E-state index in [0.717, 1.165) is 0 Å². The van der Waals surface area contributed by atoms with E-state index in [9.17, 15) is 22.8 Å². The molecule has 0 bridgehead atoms. The number of carbonyl (C=O) groups excluding carboxylic acids is 1. The van der Waals surface area contributed by atoms with Crippen molar-refractivity contribution in [3.8, 4) is 0 Å². The molecule has 12 heteroatoms. The molecule has 138 valence electrons. The van der Waals surface area contributed by atoms with Gasteiger partial charge >= 0.3 is 18.1 Å². The van der Waals surface area contributed by atoms with Gasteiger partial charge in [-0.1, -0.05) is 0 Å².